The highest BCUT2D eigenvalue weighted by molar-refractivity contribution is 5.82. The van der Waals surface area contributed by atoms with Gasteiger partial charge in [-0.25, -0.2) is 4.98 Å². The predicted octanol–water partition coefficient (Wildman–Crippen LogP) is 4.69. The molecule has 0 fully saturated rings. The van der Waals surface area contributed by atoms with Gasteiger partial charge in [0.15, 0.2) is 12.0 Å². The third kappa shape index (κ3) is 2.80. The second kappa shape index (κ2) is 5.47. The molecule has 1 aromatic heterocycles. The average molecular weight is 259 g/mol. The van der Waals surface area contributed by atoms with Crippen LogP contribution in [0.1, 0.15) is 50.7 Å². The van der Waals surface area contributed by atoms with E-state index in [4.69, 9.17) is 4.42 Å². The minimum absolute atomic E-state index is 0.242. The summed E-state index contributed by atoms with van der Waals surface area (Å²) in [6.07, 6.45) is 5.66. The molecule has 102 valence electrons. The Kier molecular flexibility index (Phi) is 3.93. The molecule has 2 aromatic rings. The second-order valence-electron chi connectivity index (χ2n) is 5.42. The lowest BCUT2D eigenvalue weighted by molar-refractivity contribution is 0.458. The van der Waals surface area contributed by atoms with Gasteiger partial charge < -0.3 is 9.52 Å². The summed E-state index contributed by atoms with van der Waals surface area (Å²) in [5, 5.41) is 10.2. The molecule has 0 aliphatic heterocycles. The molecule has 0 bridgehead atoms. The number of aromatic hydroxyl groups is 1. The van der Waals surface area contributed by atoms with Gasteiger partial charge in [-0.3, -0.25) is 0 Å². The number of phenols is 1. The number of oxazole rings is 1. The fraction of sp³-hybridized carbons (Fsp3) is 0.438. The molecule has 1 aromatic carbocycles. The van der Waals surface area contributed by atoms with Gasteiger partial charge in [0, 0.05) is 5.56 Å². The Morgan fingerprint density at radius 1 is 1.47 bits per heavy atom. The number of aryl methyl sites for hydroxylation is 1. The number of benzene rings is 1. The number of phenolic OH excluding ortho intramolecular Hbond substituents is 1. The molecule has 3 heteroatoms. The van der Waals surface area contributed by atoms with Crippen molar-refractivity contribution in [3.05, 3.63) is 35.2 Å². The summed E-state index contributed by atoms with van der Waals surface area (Å²) in [7, 11) is 0. The highest BCUT2D eigenvalue weighted by atomic mass is 16.3. The number of allylic oxidation sites excluding steroid dienone is 2. The van der Waals surface area contributed by atoms with Crippen molar-refractivity contribution in [2.24, 2.45) is 0 Å². The van der Waals surface area contributed by atoms with Crippen molar-refractivity contribution in [1.82, 2.24) is 4.98 Å². The molecular weight excluding hydrogens is 238 g/mol. The minimum Gasteiger partial charge on any atom is -0.508 e. The maximum atomic E-state index is 10.2. The lowest BCUT2D eigenvalue weighted by atomic mass is 9.93. The van der Waals surface area contributed by atoms with E-state index in [1.165, 1.54) is 12.0 Å². The van der Waals surface area contributed by atoms with E-state index < -0.39 is 0 Å². The van der Waals surface area contributed by atoms with Crippen LogP contribution in [0.2, 0.25) is 0 Å². The number of hydrogen-bond donors (Lipinski definition) is 1. The number of rotatable bonds is 4. The van der Waals surface area contributed by atoms with Crippen LogP contribution < -0.4 is 0 Å². The van der Waals surface area contributed by atoms with Gasteiger partial charge in [-0.2, -0.15) is 0 Å². The SMILES string of the molecule is CC(C)=CCC[C@@H](C)c1c(O)cc(C)c2ncoc12. The maximum Gasteiger partial charge on any atom is 0.182 e. The predicted molar refractivity (Wildman–Crippen MR) is 77.5 cm³/mol. The van der Waals surface area contributed by atoms with Crippen LogP contribution in [0.25, 0.3) is 11.1 Å². The first-order chi connectivity index (χ1) is 9.00. The Bertz CT molecular complexity index is 606. The Morgan fingerprint density at radius 2 is 2.21 bits per heavy atom. The molecule has 1 heterocycles. The summed E-state index contributed by atoms with van der Waals surface area (Å²) in [6, 6.07) is 1.78. The van der Waals surface area contributed by atoms with Crippen molar-refractivity contribution in [1.29, 1.82) is 0 Å². The van der Waals surface area contributed by atoms with E-state index in [0.29, 0.717) is 5.75 Å². The van der Waals surface area contributed by atoms with Crippen molar-refractivity contribution < 1.29 is 9.52 Å². The normalized spacial score (nSPS) is 12.6. The molecule has 0 unspecified atom stereocenters. The number of aromatic nitrogens is 1. The summed E-state index contributed by atoms with van der Waals surface area (Å²) < 4.78 is 5.47. The number of nitrogens with zero attached hydrogens (tertiary/aromatic N) is 1. The lowest BCUT2D eigenvalue weighted by Crippen LogP contribution is -1.96. The highest BCUT2D eigenvalue weighted by Crippen LogP contribution is 2.37. The van der Waals surface area contributed by atoms with Gasteiger partial charge in [-0.1, -0.05) is 18.6 Å². The lowest BCUT2D eigenvalue weighted by Gasteiger charge is -2.13. The molecule has 0 radical (unpaired) electrons. The van der Waals surface area contributed by atoms with Crippen LogP contribution in [-0.4, -0.2) is 10.1 Å². The Hall–Kier alpha value is -1.77. The Balaban J connectivity index is 2.33. The molecule has 0 aliphatic rings. The quantitative estimate of drug-likeness (QED) is 0.810. The van der Waals surface area contributed by atoms with Gasteiger partial charge in [0.1, 0.15) is 11.3 Å². The molecule has 0 amide bonds. The van der Waals surface area contributed by atoms with Gasteiger partial charge in [0.25, 0.3) is 0 Å². The van der Waals surface area contributed by atoms with Crippen molar-refractivity contribution in [2.45, 2.75) is 46.5 Å². The highest BCUT2D eigenvalue weighted by Gasteiger charge is 2.18. The van der Waals surface area contributed by atoms with E-state index in [0.717, 1.165) is 35.1 Å². The van der Waals surface area contributed by atoms with Crippen LogP contribution in [0.5, 0.6) is 5.75 Å². The summed E-state index contributed by atoms with van der Waals surface area (Å²) in [5.74, 6) is 0.554. The summed E-state index contributed by atoms with van der Waals surface area (Å²) in [4.78, 5) is 4.22. The fourth-order valence-corrected chi connectivity index (χ4v) is 2.43. The number of hydrogen-bond acceptors (Lipinski definition) is 3. The van der Waals surface area contributed by atoms with E-state index in [2.05, 4.69) is 31.8 Å². The van der Waals surface area contributed by atoms with Gasteiger partial charge in [-0.15, -0.1) is 0 Å². The largest absolute Gasteiger partial charge is 0.508 e. The molecule has 19 heavy (non-hydrogen) atoms. The molecule has 0 aliphatic carbocycles. The molecule has 0 spiro atoms. The molecule has 0 saturated heterocycles. The van der Waals surface area contributed by atoms with Crippen molar-refractivity contribution >= 4 is 11.1 Å². The van der Waals surface area contributed by atoms with Crippen LogP contribution in [0, 0.1) is 6.92 Å². The summed E-state index contributed by atoms with van der Waals surface area (Å²) in [6.45, 7) is 8.25. The fourth-order valence-electron chi connectivity index (χ4n) is 2.43. The zero-order chi connectivity index (χ0) is 14.0. The van der Waals surface area contributed by atoms with Crippen molar-refractivity contribution in [3.8, 4) is 5.75 Å². The standard InChI is InChI=1S/C16H21NO2/c1-10(2)6-5-7-11(3)14-13(18)8-12(4)15-16(14)19-9-17-15/h6,8-9,11,18H,5,7H2,1-4H3/t11-/m1/s1. The molecular formula is C16H21NO2. The molecule has 1 atom stereocenters. The molecule has 0 saturated carbocycles. The van der Waals surface area contributed by atoms with E-state index in [-0.39, 0.29) is 5.92 Å². The zero-order valence-electron chi connectivity index (χ0n) is 12.0. The first kappa shape index (κ1) is 13.7. The van der Waals surface area contributed by atoms with Gasteiger partial charge in [0.2, 0.25) is 0 Å². The van der Waals surface area contributed by atoms with Crippen LogP contribution in [0.4, 0.5) is 0 Å². The van der Waals surface area contributed by atoms with Crippen molar-refractivity contribution in [2.75, 3.05) is 0 Å². The Morgan fingerprint density at radius 3 is 2.89 bits per heavy atom. The van der Waals surface area contributed by atoms with E-state index in [1.807, 2.05) is 6.92 Å². The summed E-state index contributed by atoms with van der Waals surface area (Å²) in [5.41, 5.74) is 4.72. The molecule has 1 N–H and O–H groups in total. The first-order valence-corrected chi connectivity index (χ1v) is 6.69. The van der Waals surface area contributed by atoms with Crippen molar-refractivity contribution in [3.63, 3.8) is 0 Å². The molecule has 3 nitrogen and oxygen atoms in total. The summed E-state index contributed by atoms with van der Waals surface area (Å²) >= 11 is 0. The first-order valence-electron chi connectivity index (χ1n) is 6.69. The average Bonchev–Trinajstić information content (AvgIpc) is 2.77. The Labute approximate surface area is 114 Å². The molecule has 2 rings (SSSR count). The van der Waals surface area contributed by atoms with E-state index >= 15 is 0 Å². The van der Waals surface area contributed by atoms with Gasteiger partial charge >= 0.3 is 0 Å². The van der Waals surface area contributed by atoms with Crippen LogP contribution in [0.3, 0.4) is 0 Å². The van der Waals surface area contributed by atoms with E-state index in [1.54, 1.807) is 6.07 Å². The van der Waals surface area contributed by atoms with Gasteiger partial charge in [0.05, 0.1) is 0 Å². The maximum absolute atomic E-state index is 10.2. The topological polar surface area (TPSA) is 46.3 Å². The smallest absolute Gasteiger partial charge is 0.182 e. The number of fused-ring (bicyclic) bond motifs is 1. The van der Waals surface area contributed by atoms with Crippen LogP contribution in [-0.2, 0) is 0 Å². The minimum atomic E-state index is 0.242. The monoisotopic (exact) mass is 259 g/mol. The second-order valence-corrected chi connectivity index (χ2v) is 5.42. The van der Waals surface area contributed by atoms with Crippen LogP contribution >= 0.6 is 0 Å². The van der Waals surface area contributed by atoms with Gasteiger partial charge in [-0.05, 0) is 51.2 Å². The van der Waals surface area contributed by atoms with E-state index in [9.17, 15) is 5.11 Å². The van der Waals surface area contributed by atoms with Crippen LogP contribution in [0.15, 0.2) is 28.5 Å². The third-order valence-corrected chi connectivity index (χ3v) is 3.46. The zero-order valence-corrected chi connectivity index (χ0v) is 12.0. The third-order valence-electron chi connectivity index (χ3n) is 3.46.